The fourth-order valence-electron chi connectivity index (χ4n) is 6.79. The number of hydrogen-bond donors (Lipinski definition) is 4. The fourth-order valence-corrected chi connectivity index (χ4v) is 6.79. The minimum absolute atomic E-state index is 0.0272. The Kier molecular flexibility index (Phi) is 22.9. The number of allylic oxidation sites excluding steroid dienone is 2. The van der Waals surface area contributed by atoms with Crippen LogP contribution in [-0.4, -0.2) is 93.1 Å². The van der Waals surface area contributed by atoms with Gasteiger partial charge in [-0.25, -0.2) is 0 Å². The summed E-state index contributed by atoms with van der Waals surface area (Å²) in [6, 6.07) is 0. The molecule has 0 amide bonds. The van der Waals surface area contributed by atoms with E-state index >= 15 is 0 Å². The van der Waals surface area contributed by atoms with Crippen molar-refractivity contribution < 1.29 is 58.6 Å². The Balaban J connectivity index is 3.25. The molecule has 0 spiro atoms. The fraction of sp³-hybridized carbons (Fsp3) is 0.800. The van der Waals surface area contributed by atoms with Crippen LogP contribution in [0, 0.1) is 11.8 Å². The second-order valence-corrected chi connectivity index (χ2v) is 14.9. The van der Waals surface area contributed by atoms with Gasteiger partial charge in [0.05, 0.1) is 30.3 Å². The van der Waals surface area contributed by atoms with Gasteiger partial charge < -0.3 is 39.4 Å². The minimum Gasteiger partial charge on any atom is -0.462 e. The number of aliphatic hydroxyl groups excluding tert-OH is 4. The quantitative estimate of drug-likeness (QED) is 0.120. The summed E-state index contributed by atoms with van der Waals surface area (Å²) in [5.41, 5.74) is 1.89. The summed E-state index contributed by atoms with van der Waals surface area (Å²) in [5, 5.41) is 44.0. The van der Waals surface area contributed by atoms with Crippen LogP contribution in [-0.2, 0) is 38.1 Å². The van der Waals surface area contributed by atoms with Gasteiger partial charge in [-0.05, 0) is 78.1 Å². The lowest BCUT2D eigenvalue weighted by Crippen LogP contribution is -2.37. The van der Waals surface area contributed by atoms with Crippen molar-refractivity contribution in [2.24, 2.45) is 11.8 Å². The van der Waals surface area contributed by atoms with Crippen LogP contribution < -0.4 is 0 Å². The highest BCUT2D eigenvalue weighted by atomic mass is 16.6. The number of carbonyl (C=O) groups excluding carboxylic acids is 4. The Morgan fingerprint density at radius 1 is 0.904 bits per heavy atom. The second kappa shape index (κ2) is 25.3. The van der Waals surface area contributed by atoms with E-state index in [1.54, 1.807) is 19.9 Å². The summed E-state index contributed by atoms with van der Waals surface area (Å²) in [4.78, 5) is 48.8. The highest BCUT2D eigenvalue weighted by Crippen LogP contribution is 2.26. The number of ether oxygens (including phenoxy) is 4. The maximum atomic E-state index is 13.4. The first kappa shape index (κ1) is 47.2. The molecule has 12 heteroatoms. The minimum atomic E-state index is -1.11. The zero-order chi connectivity index (χ0) is 39.4. The van der Waals surface area contributed by atoms with Crippen molar-refractivity contribution in [2.75, 3.05) is 0 Å². The monoisotopic (exact) mass is 740 g/mol. The Hall–Kier alpha value is -2.80. The number of esters is 4. The number of aliphatic hydroxyl groups is 4. The Morgan fingerprint density at radius 3 is 2.15 bits per heavy atom. The van der Waals surface area contributed by atoms with Crippen LogP contribution in [0.2, 0.25) is 0 Å². The molecule has 1 aliphatic heterocycles. The normalized spacial score (nSPS) is 29.6. The van der Waals surface area contributed by atoms with Crippen LogP contribution >= 0.6 is 0 Å². The molecule has 0 aromatic heterocycles. The molecular weight excluding hydrogens is 672 g/mol. The molecule has 0 saturated carbocycles. The van der Waals surface area contributed by atoms with Crippen LogP contribution in [0.15, 0.2) is 23.3 Å². The van der Waals surface area contributed by atoms with Crippen molar-refractivity contribution in [2.45, 2.75) is 194 Å². The molecule has 0 aromatic rings. The molecule has 0 radical (unpaired) electrons. The predicted molar refractivity (Wildman–Crippen MR) is 197 cm³/mol. The molecule has 12 nitrogen and oxygen atoms in total. The average Bonchev–Trinajstić information content (AvgIpc) is 3.02. The van der Waals surface area contributed by atoms with E-state index in [0.29, 0.717) is 57.8 Å². The summed E-state index contributed by atoms with van der Waals surface area (Å²) in [7, 11) is 0. The van der Waals surface area contributed by atoms with Crippen molar-refractivity contribution in [1.29, 1.82) is 0 Å². The van der Waals surface area contributed by atoms with Crippen LogP contribution in [0.3, 0.4) is 0 Å². The topological polar surface area (TPSA) is 186 Å². The van der Waals surface area contributed by atoms with Gasteiger partial charge in [0.15, 0.2) is 0 Å². The molecule has 0 bridgehead atoms. The van der Waals surface area contributed by atoms with E-state index in [2.05, 4.69) is 6.08 Å². The van der Waals surface area contributed by atoms with Gasteiger partial charge >= 0.3 is 23.9 Å². The molecule has 0 aliphatic carbocycles. The van der Waals surface area contributed by atoms with E-state index in [1.807, 2.05) is 20.8 Å². The van der Waals surface area contributed by atoms with E-state index in [9.17, 15) is 39.6 Å². The molecule has 300 valence electrons. The van der Waals surface area contributed by atoms with Crippen LogP contribution in [0.4, 0.5) is 0 Å². The van der Waals surface area contributed by atoms with Gasteiger partial charge in [-0.3, -0.25) is 19.2 Å². The third-order valence-corrected chi connectivity index (χ3v) is 9.54. The Labute approximate surface area is 311 Å². The summed E-state index contributed by atoms with van der Waals surface area (Å²) in [5.74, 6) is -3.40. The number of carbonyl (C=O) groups is 4. The van der Waals surface area contributed by atoms with E-state index in [4.69, 9.17) is 18.9 Å². The van der Waals surface area contributed by atoms with Gasteiger partial charge in [0.25, 0.3) is 0 Å². The van der Waals surface area contributed by atoms with Gasteiger partial charge in [0.1, 0.15) is 24.4 Å². The maximum absolute atomic E-state index is 13.4. The van der Waals surface area contributed by atoms with Crippen LogP contribution in [0.1, 0.15) is 145 Å². The van der Waals surface area contributed by atoms with Crippen LogP contribution in [0.5, 0.6) is 0 Å². The first-order valence-electron chi connectivity index (χ1n) is 19.2. The van der Waals surface area contributed by atoms with Crippen LogP contribution in [0.25, 0.3) is 0 Å². The second-order valence-electron chi connectivity index (χ2n) is 14.9. The molecule has 10 unspecified atom stereocenters. The molecule has 52 heavy (non-hydrogen) atoms. The first-order valence-corrected chi connectivity index (χ1v) is 19.2. The lowest BCUT2D eigenvalue weighted by molar-refractivity contribution is -0.161. The summed E-state index contributed by atoms with van der Waals surface area (Å²) in [6.45, 7) is 13.1. The molecule has 1 rings (SSSR count). The average molecular weight is 741 g/mol. The van der Waals surface area contributed by atoms with Crippen molar-refractivity contribution in [3.63, 3.8) is 0 Å². The molecule has 10 atom stereocenters. The third kappa shape index (κ3) is 21.0. The summed E-state index contributed by atoms with van der Waals surface area (Å²) < 4.78 is 22.3. The van der Waals surface area contributed by atoms with Crippen molar-refractivity contribution in [3.05, 3.63) is 23.3 Å². The smallest absolute Gasteiger partial charge is 0.311 e. The van der Waals surface area contributed by atoms with Crippen molar-refractivity contribution in [3.8, 4) is 0 Å². The zero-order valence-corrected chi connectivity index (χ0v) is 32.9. The Bertz CT molecular complexity index is 1150. The lowest BCUT2D eigenvalue weighted by atomic mass is 9.88. The van der Waals surface area contributed by atoms with E-state index < -0.39 is 72.5 Å². The van der Waals surface area contributed by atoms with Gasteiger partial charge in [0.2, 0.25) is 0 Å². The first-order chi connectivity index (χ1) is 24.4. The molecule has 0 fully saturated rings. The van der Waals surface area contributed by atoms with E-state index in [0.717, 1.165) is 17.6 Å². The molecule has 1 heterocycles. The standard InChI is InChI=1S/C40H68O12/c1-9-12-35(49-29(6)41)20-26(3)19-34(46)23-37-21-32(44)14-11-10-13-25(2)15-17-33(45)22-38(51-31(8)43)24-36(50-30(7)42)18-16-27(4)39(47)28(5)40(48)52-37/h13,19,27-28,32-39,44-47H,9-12,14-18,20-24H2,1-8H3. The van der Waals surface area contributed by atoms with E-state index in [-0.39, 0.29) is 37.8 Å². The predicted octanol–water partition coefficient (Wildman–Crippen LogP) is 5.80. The zero-order valence-electron chi connectivity index (χ0n) is 32.9. The summed E-state index contributed by atoms with van der Waals surface area (Å²) in [6.07, 6.45) is 3.55. The Morgan fingerprint density at radius 2 is 1.54 bits per heavy atom. The van der Waals surface area contributed by atoms with Gasteiger partial charge in [0, 0.05) is 52.9 Å². The molecule has 0 saturated heterocycles. The SMILES string of the molecule is CCCC(CC(C)=CC(O)CC1CC(O)CCCC=C(C)CCC(O)CC(OC(C)=O)CC(OC(C)=O)CCC(C)C(O)C(C)C(=O)O1)OC(C)=O. The summed E-state index contributed by atoms with van der Waals surface area (Å²) >= 11 is 0. The highest BCUT2D eigenvalue weighted by molar-refractivity contribution is 5.73. The lowest BCUT2D eigenvalue weighted by Gasteiger charge is -2.29. The molecule has 1 aliphatic rings. The van der Waals surface area contributed by atoms with Gasteiger partial charge in [-0.15, -0.1) is 0 Å². The van der Waals surface area contributed by atoms with Crippen molar-refractivity contribution in [1.82, 2.24) is 0 Å². The van der Waals surface area contributed by atoms with Gasteiger partial charge in [-0.2, -0.15) is 0 Å². The number of cyclic esters (lactones) is 1. The van der Waals surface area contributed by atoms with Gasteiger partial charge in [-0.1, -0.05) is 43.6 Å². The highest BCUT2D eigenvalue weighted by Gasteiger charge is 2.32. The maximum Gasteiger partial charge on any atom is 0.311 e. The van der Waals surface area contributed by atoms with E-state index in [1.165, 1.54) is 20.8 Å². The molecular formula is C40H68O12. The number of hydrogen-bond acceptors (Lipinski definition) is 12. The van der Waals surface area contributed by atoms with Crippen molar-refractivity contribution >= 4 is 23.9 Å². The number of rotatable bonds is 10. The molecule has 0 aromatic carbocycles. The largest absolute Gasteiger partial charge is 0.462 e. The third-order valence-electron chi connectivity index (χ3n) is 9.54. The molecule has 4 N–H and O–H groups in total.